The maximum Gasteiger partial charge on any atom is 0.304 e. The average molecular weight is 185 g/mol. The molecule has 0 unspecified atom stereocenters. The lowest BCUT2D eigenvalue weighted by Crippen LogP contribution is -2.34. The molecule has 1 saturated carbocycles. The summed E-state index contributed by atoms with van der Waals surface area (Å²) in [6, 6.07) is -0.166. The highest BCUT2D eigenvalue weighted by Gasteiger charge is 2.26. The minimum absolute atomic E-state index is 0.109. The predicted octanol–water partition coefficient (Wildman–Crippen LogP) is 1.61. The van der Waals surface area contributed by atoms with Gasteiger partial charge >= 0.3 is 5.97 Å². The Hall–Kier alpha value is -0.570. The van der Waals surface area contributed by atoms with Crippen LogP contribution in [0.15, 0.2) is 0 Å². The summed E-state index contributed by atoms with van der Waals surface area (Å²) >= 11 is 0. The zero-order valence-electron chi connectivity index (χ0n) is 8.20. The molecule has 0 saturated heterocycles. The van der Waals surface area contributed by atoms with Crippen molar-refractivity contribution < 1.29 is 9.90 Å². The molecule has 3 heteroatoms. The van der Waals surface area contributed by atoms with Gasteiger partial charge in [0.05, 0.1) is 6.42 Å². The van der Waals surface area contributed by atoms with Crippen LogP contribution >= 0.6 is 0 Å². The van der Waals surface area contributed by atoms with Crippen LogP contribution in [-0.2, 0) is 4.79 Å². The van der Waals surface area contributed by atoms with Crippen molar-refractivity contribution in [1.29, 1.82) is 0 Å². The summed E-state index contributed by atoms with van der Waals surface area (Å²) in [7, 11) is 0. The van der Waals surface area contributed by atoms with E-state index in [9.17, 15) is 4.79 Å². The van der Waals surface area contributed by atoms with Gasteiger partial charge < -0.3 is 10.8 Å². The predicted molar refractivity (Wildman–Crippen MR) is 51.4 cm³/mol. The standard InChI is InChI=1S/C10H19NO2/c1-7(8-4-2-3-5-8)9(11)6-10(12)13/h7-9H,2-6,11H2,1H3,(H,12,13)/t7-,9-/m1/s1. The maximum atomic E-state index is 10.4. The largest absolute Gasteiger partial charge is 0.481 e. The first-order valence-electron chi connectivity index (χ1n) is 5.08. The number of nitrogens with two attached hydrogens (primary N) is 1. The summed E-state index contributed by atoms with van der Waals surface area (Å²) in [5.74, 6) is 0.241. The molecule has 1 rings (SSSR count). The first kappa shape index (κ1) is 10.5. The first-order chi connectivity index (χ1) is 6.11. The summed E-state index contributed by atoms with van der Waals surface area (Å²) in [6.45, 7) is 2.09. The second-order valence-electron chi connectivity index (χ2n) is 4.17. The van der Waals surface area contributed by atoms with Crippen molar-refractivity contribution in [1.82, 2.24) is 0 Å². The SMILES string of the molecule is C[C@H](C1CCCC1)[C@H](N)CC(=O)O. The van der Waals surface area contributed by atoms with Crippen LogP contribution in [0.4, 0.5) is 0 Å². The molecule has 0 aromatic heterocycles. The summed E-state index contributed by atoms with van der Waals surface area (Å²) in [4.78, 5) is 10.4. The van der Waals surface area contributed by atoms with Gasteiger partial charge in [-0.15, -0.1) is 0 Å². The molecule has 13 heavy (non-hydrogen) atoms. The summed E-state index contributed by atoms with van der Waals surface area (Å²) in [5.41, 5.74) is 5.82. The highest BCUT2D eigenvalue weighted by Crippen LogP contribution is 2.32. The Morgan fingerprint density at radius 1 is 1.54 bits per heavy atom. The van der Waals surface area contributed by atoms with Gasteiger partial charge in [-0.05, 0) is 11.8 Å². The molecule has 0 bridgehead atoms. The van der Waals surface area contributed by atoms with Crippen molar-refractivity contribution in [3.05, 3.63) is 0 Å². The van der Waals surface area contributed by atoms with Gasteiger partial charge in [-0.25, -0.2) is 0 Å². The fourth-order valence-corrected chi connectivity index (χ4v) is 2.22. The highest BCUT2D eigenvalue weighted by atomic mass is 16.4. The van der Waals surface area contributed by atoms with E-state index < -0.39 is 5.97 Å². The average Bonchev–Trinajstić information content (AvgIpc) is 2.53. The van der Waals surface area contributed by atoms with Crippen molar-refractivity contribution in [2.24, 2.45) is 17.6 Å². The van der Waals surface area contributed by atoms with E-state index in [2.05, 4.69) is 6.92 Å². The Balaban J connectivity index is 2.36. The van der Waals surface area contributed by atoms with E-state index >= 15 is 0 Å². The van der Waals surface area contributed by atoms with E-state index in [1.165, 1.54) is 25.7 Å². The molecule has 1 aliphatic carbocycles. The molecule has 1 fully saturated rings. The van der Waals surface area contributed by atoms with Gasteiger partial charge in [0.2, 0.25) is 0 Å². The van der Waals surface area contributed by atoms with Gasteiger partial charge in [0, 0.05) is 6.04 Å². The van der Waals surface area contributed by atoms with Gasteiger partial charge in [-0.3, -0.25) is 4.79 Å². The molecule has 0 amide bonds. The zero-order valence-corrected chi connectivity index (χ0v) is 8.20. The number of hydrogen-bond donors (Lipinski definition) is 2. The van der Waals surface area contributed by atoms with Gasteiger partial charge in [-0.2, -0.15) is 0 Å². The fraction of sp³-hybridized carbons (Fsp3) is 0.900. The quantitative estimate of drug-likeness (QED) is 0.699. The Morgan fingerprint density at radius 3 is 2.54 bits per heavy atom. The molecule has 0 heterocycles. The van der Waals surface area contributed by atoms with Crippen molar-refractivity contribution in [2.45, 2.75) is 45.1 Å². The number of rotatable bonds is 4. The third-order valence-electron chi connectivity index (χ3n) is 3.23. The second kappa shape index (κ2) is 4.61. The summed E-state index contributed by atoms with van der Waals surface area (Å²) in [6.07, 6.45) is 5.14. The molecule has 0 spiro atoms. The van der Waals surface area contributed by atoms with Gasteiger partial charge in [0.1, 0.15) is 0 Å². The van der Waals surface area contributed by atoms with Crippen LogP contribution < -0.4 is 5.73 Å². The minimum Gasteiger partial charge on any atom is -0.481 e. The topological polar surface area (TPSA) is 63.3 Å². The minimum atomic E-state index is -0.780. The van der Waals surface area contributed by atoms with Crippen LogP contribution in [-0.4, -0.2) is 17.1 Å². The van der Waals surface area contributed by atoms with Gasteiger partial charge in [0.15, 0.2) is 0 Å². The Labute approximate surface area is 79.3 Å². The molecule has 3 nitrogen and oxygen atoms in total. The fourth-order valence-electron chi connectivity index (χ4n) is 2.22. The zero-order chi connectivity index (χ0) is 9.84. The summed E-state index contributed by atoms with van der Waals surface area (Å²) in [5, 5.41) is 8.60. The van der Waals surface area contributed by atoms with Gasteiger partial charge in [0.25, 0.3) is 0 Å². The molecule has 0 aromatic carbocycles. The monoisotopic (exact) mass is 185 g/mol. The van der Waals surface area contributed by atoms with Crippen molar-refractivity contribution in [2.75, 3.05) is 0 Å². The van der Waals surface area contributed by atoms with Crippen LogP contribution in [0.5, 0.6) is 0 Å². The molecule has 0 radical (unpaired) electrons. The number of carboxylic acid groups (broad SMARTS) is 1. The number of aliphatic carboxylic acids is 1. The Morgan fingerprint density at radius 2 is 2.08 bits per heavy atom. The molecule has 2 atom stereocenters. The molecule has 3 N–H and O–H groups in total. The first-order valence-corrected chi connectivity index (χ1v) is 5.08. The van der Waals surface area contributed by atoms with Crippen LogP contribution in [0.3, 0.4) is 0 Å². The smallest absolute Gasteiger partial charge is 0.304 e. The Kier molecular flexibility index (Phi) is 3.72. The van der Waals surface area contributed by atoms with Crippen molar-refractivity contribution in [3.63, 3.8) is 0 Å². The molecular weight excluding hydrogens is 166 g/mol. The normalized spacial score (nSPS) is 22.9. The van der Waals surface area contributed by atoms with Crippen molar-refractivity contribution in [3.8, 4) is 0 Å². The maximum absolute atomic E-state index is 10.4. The number of carbonyl (C=O) groups is 1. The molecular formula is C10H19NO2. The Bertz CT molecular complexity index is 176. The molecule has 0 aliphatic heterocycles. The van der Waals surface area contributed by atoms with Crippen LogP contribution in [0, 0.1) is 11.8 Å². The van der Waals surface area contributed by atoms with E-state index in [1.807, 2.05) is 0 Å². The third kappa shape index (κ3) is 2.99. The van der Waals surface area contributed by atoms with Gasteiger partial charge in [-0.1, -0.05) is 32.6 Å². The third-order valence-corrected chi connectivity index (χ3v) is 3.23. The van der Waals surface area contributed by atoms with Crippen LogP contribution in [0.2, 0.25) is 0 Å². The molecule has 76 valence electrons. The number of carboxylic acids is 1. The van der Waals surface area contributed by atoms with E-state index in [1.54, 1.807) is 0 Å². The van der Waals surface area contributed by atoms with Crippen LogP contribution in [0.25, 0.3) is 0 Å². The second-order valence-corrected chi connectivity index (χ2v) is 4.17. The van der Waals surface area contributed by atoms with Crippen LogP contribution in [0.1, 0.15) is 39.0 Å². The van der Waals surface area contributed by atoms with E-state index in [4.69, 9.17) is 10.8 Å². The molecule has 1 aliphatic rings. The lowest BCUT2D eigenvalue weighted by molar-refractivity contribution is -0.137. The van der Waals surface area contributed by atoms with E-state index in [0.717, 1.165) is 0 Å². The molecule has 0 aromatic rings. The number of hydrogen-bond acceptors (Lipinski definition) is 2. The summed E-state index contributed by atoms with van der Waals surface area (Å²) < 4.78 is 0. The lowest BCUT2D eigenvalue weighted by Gasteiger charge is -2.24. The van der Waals surface area contributed by atoms with E-state index in [-0.39, 0.29) is 12.5 Å². The lowest BCUT2D eigenvalue weighted by atomic mass is 9.85. The van der Waals surface area contributed by atoms with E-state index in [0.29, 0.717) is 11.8 Å². The van der Waals surface area contributed by atoms with Crippen molar-refractivity contribution >= 4 is 5.97 Å². The highest BCUT2D eigenvalue weighted by molar-refractivity contribution is 5.67.